The number of amides is 2. The highest BCUT2D eigenvalue weighted by molar-refractivity contribution is 6.07. The van der Waals surface area contributed by atoms with E-state index >= 15 is 0 Å². The van der Waals surface area contributed by atoms with Gasteiger partial charge in [-0.05, 0) is 53.9 Å². The van der Waals surface area contributed by atoms with E-state index in [9.17, 15) is 19.7 Å². The number of ether oxygens (including phenoxy) is 1. The molecule has 2 heterocycles. The van der Waals surface area contributed by atoms with Crippen LogP contribution in [0.2, 0.25) is 0 Å². The molecule has 0 saturated heterocycles. The molecule has 1 aromatic heterocycles. The molecular weight excluding hydrogens is 364 g/mol. The Kier molecular flexibility index (Phi) is 5.00. The van der Waals surface area contributed by atoms with Crippen LogP contribution >= 0.6 is 0 Å². The molecule has 3 rings (SSSR count). The predicted molar refractivity (Wildman–Crippen MR) is 102 cm³/mol. The maximum atomic E-state index is 12.8. The Hall–Kier alpha value is -3.49. The predicted octanol–water partition coefficient (Wildman–Crippen LogP) is 2.69. The number of aryl methyl sites for hydroxylation is 1. The number of hydrogen-bond acceptors (Lipinski definition) is 6. The number of fused-ring (bicyclic) bond motifs is 1. The first-order valence-corrected chi connectivity index (χ1v) is 8.76. The number of nitrogens with zero attached hydrogens (tertiary/aromatic N) is 3. The van der Waals surface area contributed by atoms with Gasteiger partial charge < -0.3 is 20.2 Å². The minimum atomic E-state index is -1.23. The van der Waals surface area contributed by atoms with Gasteiger partial charge in [0, 0.05) is 11.8 Å². The molecule has 28 heavy (non-hydrogen) atoms. The van der Waals surface area contributed by atoms with E-state index in [0.717, 1.165) is 16.9 Å². The SMILES string of the molecule is CCc1ccc(NC(=O)CN2C(=O)C(C)(C)Oc3ccc([N+](=O)[O-])nc32)cc1. The Morgan fingerprint density at radius 1 is 1.25 bits per heavy atom. The molecule has 1 aliphatic heterocycles. The third kappa shape index (κ3) is 3.78. The molecule has 9 heteroatoms. The lowest BCUT2D eigenvalue weighted by molar-refractivity contribution is -0.389. The maximum Gasteiger partial charge on any atom is 0.366 e. The summed E-state index contributed by atoms with van der Waals surface area (Å²) in [5.74, 6) is -1.24. The first kappa shape index (κ1) is 19.3. The molecule has 0 fully saturated rings. The molecule has 0 radical (unpaired) electrons. The number of carbonyl (C=O) groups is 2. The second-order valence-electron chi connectivity index (χ2n) is 6.85. The van der Waals surface area contributed by atoms with Gasteiger partial charge in [0.2, 0.25) is 5.91 Å². The van der Waals surface area contributed by atoms with Gasteiger partial charge in [0.25, 0.3) is 11.7 Å². The van der Waals surface area contributed by atoms with Crippen LogP contribution in [0.25, 0.3) is 0 Å². The van der Waals surface area contributed by atoms with Crippen molar-refractivity contribution < 1.29 is 19.2 Å². The summed E-state index contributed by atoms with van der Waals surface area (Å²) in [6.07, 6.45) is 0.882. The van der Waals surface area contributed by atoms with Crippen LogP contribution < -0.4 is 15.0 Å². The number of hydrogen-bond donors (Lipinski definition) is 1. The fourth-order valence-corrected chi connectivity index (χ4v) is 2.85. The fourth-order valence-electron chi connectivity index (χ4n) is 2.85. The molecule has 0 aliphatic carbocycles. The zero-order valence-corrected chi connectivity index (χ0v) is 15.8. The Balaban J connectivity index is 1.86. The molecule has 146 valence electrons. The zero-order chi connectivity index (χ0) is 20.5. The zero-order valence-electron chi connectivity index (χ0n) is 15.8. The van der Waals surface area contributed by atoms with E-state index in [2.05, 4.69) is 10.3 Å². The monoisotopic (exact) mass is 384 g/mol. The third-order valence-corrected chi connectivity index (χ3v) is 4.34. The number of carbonyl (C=O) groups excluding carboxylic acids is 2. The van der Waals surface area contributed by atoms with Crippen LogP contribution in [0, 0.1) is 10.1 Å². The minimum absolute atomic E-state index is 0.0463. The van der Waals surface area contributed by atoms with Crippen molar-refractivity contribution in [1.29, 1.82) is 0 Å². The molecule has 9 nitrogen and oxygen atoms in total. The highest BCUT2D eigenvalue weighted by Gasteiger charge is 2.45. The van der Waals surface area contributed by atoms with Crippen molar-refractivity contribution in [2.75, 3.05) is 16.8 Å². The van der Waals surface area contributed by atoms with E-state index in [4.69, 9.17) is 4.74 Å². The molecule has 1 N–H and O–H groups in total. The molecular formula is C19H20N4O5. The van der Waals surface area contributed by atoms with E-state index in [1.54, 1.807) is 26.0 Å². The maximum absolute atomic E-state index is 12.8. The molecule has 1 aromatic carbocycles. The van der Waals surface area contributed by atoms with Gasteiger partial charge >= 0.3 is 5.82 Å². The summed E-state index contributed by atoms with van der Waals surface area (Å²) in [5, 5.41) is 13.8. The Bertz CT molecular complexity index is 940. The topological polar surface area (TPSA) is 115 Å². The number of nitro groups is 1. The smallest absolute Gasteiger partial charge is 0.366 e. The quantitative estimate of drug-likeness (QED) is 0.626. The van der Waals surface area contributed by atoms with Crippen molar-refractivity contribution in [2.45, 2.75) is 32.8 Å². The Morgan fingerprint density at radius 3 is 2.54 bits per heavy atom. The second kappa shape index (κ2) is 7.26. The lowest BCUT2D eigenvalue weighted by Gasteiger charge is -2.35. The van der Waals surface area contributed by atoms with Gasteiger partial charge in [0.15, 0.2) is 11.4 Å². The van der Waals surface area contributed by atoms with Gasteiger partial charge in [0.1, 0.15) is 6.54 Å². The summed E-state index contributed by atoms with van der Waals surface area (Å²) in [6, 6.07) is 9.93. The highest BCUT2D eigenvalue weighted by atomic mass is 16.6. The van der Waals surface area contributed by atoms with Crippen LogP contribution in [-0.2, 0) is 16.0 Å². The first-order valence-electron chi connectivity index (χ1n) is 8.76. The van der Waals surface area contributed by atoms with E-state index in [1.165, 1.54) is 12.1 Å². The third-order valence-electron chi connectivity index (χ3n) is 4.34. The average molecular weight is 384 g/mol. The summed E-state index contributed by atoms with van der Waals surface area (Å²) in [5.41, 5.74) is 0.497. The van der Waals surface area contributed by atoms with Gasteiger partial charge in [0.05, 0.1) is 0 Å². The standard InChI is InChI=1S/C19H20N4O5/c1-4-12-5-7-13(8-6-12)20-16(24)11-22-17-14(28-19(2,3)18(22)25)9-10-15(21-17)23(26)27/h5-10H,4,11H2,1-3H3,(H,20,24). The van der Waals surface area contributed by atoms with E-state index in [-0.39, 0.29) is 18.1 Å². The van der Waals surface area contributed by atoms with Crippen LogP contribution in [0.15, 0.2) is 36.4 Å². The van der Waals surface area contributed by atoms with Crippen LogP contribution in [0.5, 0.6) is 5.75 Å². The van der Waals surface area contributed by atoms with Crippen molar-refractivity contribution >= 4 is 29.1 Å². The van der Waals surface area contributed by atoms with Gasteiger partial charge in [-0.1, -0.05) is 19.1 Å². The van der Waals surface area contributed by atoms with Crippen LogP contribution in [0.4, 0.5) is 17.3 Å². The molecule has 1 aliphatic rings. The molecule has 0 unspecified atom stereocenters. The van der Waals surface area contributed by atoms with E-state index < -0.39 is 28.2 Å². The van der Waals surface area contributed by atoms with Crippen molar-refractivity contribution in [3.63, 3.8) is 0 Å². The highest BCUT2D eigenvalue weighted by Crippen LogP contribution is 2.37. The molecule has 0 saturated carbocycles. The normalized spacial score (nSPS) is 14.8. The Morgan fingerprint density at radius 2 is 1.93 bits per heavy atom. The van der Waals surface area contributed by atoms with Crippen molar-refractivity contribution in [3.05, 3.63) is 52.1 Å². The number of pyridine rings is 1. The van der Waals surface area contributed by atoms with Crippen LogP contribution in [0.3, 0.4) is 0 Å². The van der Waals surface area contributed by atoms with E-state index in [0.29, 0.717) is 5.69 Å². The summed E-state index contributed by atoms with van der Waals surface area (Å²) >= 11 is 0. The second-order valence-corrected chi connectivity index (χ2v) is 6.85. The molecule has 2 aromatic rings. The number of aromatic nitrogens is 1. The van der Waals surface area contributed by atoms with Crippen LogP contribution in [0.1, 0.15) is 26.3 Å². The van der Waals surface area contributed by atoms with Crippen molar-refractivity contribution in [2.24, 2.45) is 0 Å². The lowest BCUT2D eigenvalue weighted by Crippen LogP contribution is -2.54. The number of nitrogens with one attached hydrogen (secondary N) is 1. The summed E-state index contributed by atoms with van der Waals surface area (Å²) in [4.78, 5) is 40.7. The Labute approximate surface area is 161 Å². The van der Waals surface area contributed by atoms with E-state index in [1.807, 2.05) is 19.1 Å². The van der Waals surface area contributed by atoms with Gasteiger partial charge in [-0.25, -0.2) is 0 Å². The first-order chi connectivity index (χ1) is 13.2. The summed E-state index contributed by atoms with van der Waals surface area (Å²) < 4.78 is 5.61. The van der Waals surface area contributed by atoms with Gasteiger partial charge in [-0.15, -0.1) is 0 Å². The molecule has 0 atom stereocenters. The van der Waals surface area contributed by atoms with Crippen LogP contribution in [-0.4, -0.2) is 33.9 Å². The minimum Gasteiger partial charge on any atom is -0.472 e. The fraction of sp³-hybridized carbons (Fsp3) is 0.316. The number of benzene rings is 1. The average Bonchev–Trinajstić information content (AvgIpc) is 2.65. The largest absolute Gasteiger partial charge is 0.472 e. The van der Waals surface area contributed by atoms with Crippen molar-refractivity contribution in [1.82, 2.24) is 4.98 Å². The van der Waals surface area contributed by atoms with Gasteiger partial charge in [-0.3, -0.25) is 14.5 Å². The van der Waals surface area contributed by atoms with Gasteiger partial charge in [-0.2, -0.15) is 0 Å². The summed E-state index contributed by atoms with van der Waals surface area (Å²) in [6.45, 7) is 4.81. The number of anilines is 2. The molecule has 0 spiro atoms. The molecule has 0 bridgehead atoms. The number of rotatable bonds is 5. The lowest BCUT2D eigenvalue weighted by atomic mass is 10.1. The summed E-state index contributed by atoms with van der Waals surface area (Å²) in [7, 11) is 0. The molecule has 2 amide bonds. The van der Waals surface area contributed by atoms with Crippen molar-refractivity contribution in [3.8, 4) is 5.75 Å².